The first-order valence-electron chi connectivity index (χ1n) is 3.45. The van der Waals surface area contributed by atoms with E-state index in [-0.39, 0.29) is 17.5 Å². The molecule has 0 aliphatic carbocycles. The molecule has 5 nitrogen and oxygen atoms in total. The molecule has 0 radical (unpaired) electrons. The number of nitrogens with one attached hydrogen (secondary N) is 1. The van der Waals surface area contributed by atoms with Gasteiger partial charge in [0.1, 0.15) is 5.69 Å². The second kappa shape index (κ2) is 3.66. The number of aldehydes is 1. The van der Waals surface area contributed by atoms with Crippen LogP contribution in [0.4, 0.5) is 0 Å². The predicted octanol–water partition coefficient (Wildman–Crippen LogP) is 0.183. The number of hydrogen-bond donors (Lipinski definition) is 1. The van der Waals surface area contributed by atoms with Crippen molar-refractivity contribution in [1.29, 1.82) is 0 Å². The van der Waals surface area contributed by atoms with Gasteiger partial charge in [-0.3, -0.25) is 9.59 Å². The van der Waals surface area contributed by atoms with Crippen molar-refractivity contribution in [1.82, 2.24) is 4.98 Å². The average Bonchev–Trinajstić information content (AvgIpc) is 2.64. The molecule has 0 bridgehead atoms. The highest BCUT2D eigenvalue weighted by Gasteiger charge is 2.11. The van der Waals surface area contributed by atoms with Crippen molar-refractivity contribution in [2.45, 2.75) is 0 Å². The highest BCUT2D eigenvalue weighted by Crippen LogP contribution is 2.04. The molecule has 1 N–H and O–H groups in total. The standard InChI is InChI=1S/C8H7NO4/c1-13-8(12)6-2-5(3-9-6)7(11)4-10/h2-4,9H,1H3. The molecule has 0 fully saturated rings. The van der Waals surface area contributed by atoms with Gasteiger partial charge in [-0.1, -0.05) is 0 Å². The summed E-state index contributed by atoms with van der Waals surface area (Å²) in [4.78, 5) is 34.3. The Balaban J connectivity index is 2.92. The van der Waals surface area contributed by atoms with Gasteiger partial charge in [0, 0.05) is 11.8 Å². The van der Waals surface area contributed by atoms with Crippen LogP contribution in [-0.4, -0.2) is 30.1 Å². The van der Waals surface area contributed by atoms with Gasteiger partial charge in [0.15, 0.2) is 6.29 Å². The van der Waals surface area contributed by atoms with Crippen LogP contribution in [-0.2, 0) is 9.53 Å². The van der Waals surface area contributed by atoms with E-state index in [2.05, 4.69) is 9.72 Å². The zero-order chi connectivity index (χ0) is 9.84. The fourth-order valence-corrected chi connectivity index (χ4v) is 0.832. The molecule has 1 aromatic heterocycles. The molecular weight excluding hydrogens is 174 g/mol. The van der Waals surface area contributed by atoms with Gasteiger partial charge in [0.25, 0.3) is 0 Å². The zero-order valence-corrected chi connectivity index (χ0v) is 6.87. The highest BCUT2D eigenvalue weighted by molar-refractivity contribution is 6.33. The largest absolute Gasteiger partial charge is 0.464 e. The van der Waals surface area contributed by atoms with Gasteiger partial charge in [-0.25, -0.2) is 4.79 Å². The second-order valence-corrected chi connectivity index (χ2v) is 2.28. The number of methoxy groups -OCH3 is 1. The number of carbonyl (C=O) groups excluding carboxylic acids is 3. The molecule has 0 aliphatic heterocycles. The molecule has 0 amide bonds. The number of ketones is 1. The van der Waals surface area contributed by atoms with Crippen molar-refractivity contribution in [2.75, 3.05) is 7.11 Å². The van der Waals surface area contributed by atoms with E-state index in [0.29, 0.717) is 0 Å². The number of carbonyl (C=O) groups is 3. The molecule has 0 spiro atoms. The van der Waals surface area contributed by atoms with E-state index in [1.807, 2.05) is 0 Å². The third-order valence-electron chi connectivity index (χ3n) is 1.48. The first kappa shape index (κ1) is 9.18. The summed E-state index contributed by atoms with van der Waals surface area (Å²) < 4.78 is 4.39. The van der Waals surface area contributed by atoms with Gasteiger partial charge in [-0.15, -0.1) is 0 Å². The van der Waals surface area contributed by atoms with Crippen LogP contribution < -0.4 is 0 Å². The van der Waals surface area contributed by atoms with E-state index in [9.17, 15) is 14.4 Å². The number of rotatable bonds is 3. The Labute approximate surface area is 73.7 Å². The predicted molar refractivity (Wildman–Crippen MR) is 42.5 cm³/mol. The lowest BCUT2D eigenvalue weighted by Gasteiger charge is -1.91. The van der Waals surface area contributed by atoms with E-state index in [1.165, 1.54) is 19.4 Å². The molecule has 1 heterocycles. The average molecular weight is 181 g/mol. The first-order valence-corrected chi connectivity index (χ1v) is 3.45. The van der Waals surface area contributed by atoms with Gasteiger partial charge in [-0.2, -0.15) is 0 Å². The molecule has 5 heteroatoms. The molecule has 0 atom stereocenters. The van der Waals surface area contributed by atoms with Crippen molar-refractivity contribution in [3.05, 3.63) is 23.5 Å². The van der Waals surface area contributed by atoms with Gasteiger partial charge < -0.3 is 9.72 Å². The number of H-pyrrole nitrogens is 1. The van der Waals surface area contributed by atoms with E-state index in [4.69, 9.17) is 0 Å². The number of Topliss-reactive ketones (excluding diaryl/α,β-unsaturated/α-hetero) is 1. The van der Waals surface area contributed by atoms with E-state index >= 15 is 0 Å². The van der Waals surface area contributed by atoms with Crippen molar-refractivity contribution in [2.24, 2.45) is 0 Å². The molecule has 0 saturated carbocycles. The zero-order valence-electron chi connectivity index (χ0n) is 6.87. The van der Waals surface area contributed by atoms with Crippen LogP contribution in [0.2, 0.25) is 0 Å². The molecule has 0 unspecified atom stereocenters. The summed E-state index contributed by atoms with van der Waals surface area (Å²) in [7, 11) is 1.23. The molecule has 0 saturated heterocycles. The molecule has 0 aromatic carbocycles. The van der Waals surface area contributed by atoms with Crippen LogP contribution in [0.3, 0.4) is 0 Å². The Kier molecular flexibility index (Phi) is 2.59. The Morgan fingerprint density at radius 3 is 2.77 bits per heavy atom. The fraction of sp³-hybridized carbons (Fsp3) is 0.125. The van der Waals surface area contributed by atoms with E-state index < -0.39 is 11.8 Å². The summed E-state index contributed by atoms with van der Waals surface area (Å²) in [6, 6.07) is 1.27. The lowest BCUT2D eigenvalue weighted by Crippen LogP contribution is -2.01. The normalized spacial score (nSPS) is 9.31. The lowest BCUT2D eigenvalue weighted by atomic mass is 10.2. The van der Waals surface area contributed by atoms with Gasteiger partial charge >= 0.3 is 5.97 Å². The van der Waals surface area contributed by atoms with Crippen molar-refractivity contribution in [3.8, 4) is 0 Å². The second-order valence-electron chi connectivity index (χ2n) is 2.28. The Bertz CT molecular complexity index is 353. The smallest absolute Gasteiger partial charge is 0.354 e. The quantitative estimate of drug-likeness (QED) is 0.312. The lowest BCUT2D eigenvalue weighted by molar-refractivity contribution is -0.104. The topological polar surface area (TPSA) is 76.2 Å². The third kappa shape index (κ3) is 1.81. The Hall–Kier alpha value is -1.91. The van der Waals surface area contributed by atoms with Gasteiger partial charge in [0.2, 0.25) is 5.78 Å². The number of aromatic nitrogens is 1. The van der Waals surface area contributed by atoms with E-state index in [0.717, 1.165) is 0 Å². The number of esters is 1. The molecule has 13 heavy (non-hydrogen) atoms. The minimum absolute atomic E-state index is 0.146. The van der Waals surface area contributed by atoms with Crippen molar-refractivity contribution in [3.63, 3.8) is 0 Å². The summed E-state index contributed by atoms with van der Waals surface area (Å²) in [5, 5.41) is 0. The maximum absolute atomic E-state index is 10.9. The van der Waals surface area contributed by atoms with Crippen LogP contribution >= 0.6 is 0 Å². The Morgan fingerprint density at radius 2 is 2.23 bits per heavy atom. The first-order chi connectivity index (χ1) is 6.19. The van der Waals surface area contributed by atoms with Crippen LogP contribution in [0.5, 0.6) is 0 Å². The van der Waals surface area contributed by atoms with Crippen molar-refractivity contribution >= 4 is 18.0 Å². The molecule has 1 rings (SSSR count). The monoisotopic (exact) mass is 181 g/mol. The Morgan fingerprint density at radius 1 is 1.54 bits per heavy atom. The minimum Gasteiger partial charge on any atom is -0.464 e. The summed E-state index contributed by atoms with van der Waals surface area (Å²) in [5.74, 6) is -1.25. The van der Waals surface area contributed by atoms with Crippen LogP contribution in [0.25, 0.3) is 0 Å². The van der Waals surface area contributed by atoms with E-state index in [1.54, 1.807) is 0 Å². The molecular formula is C8H7NO4. The summed E-state index contributed by atoms with van der Waals surface area (Å²) in [6.07, 6.45) is 1.47. The summed E-state index contributed by atoms with van der Waals surface area (Å²) in [6.45, 7) is 0. The fourth-order valence-electron chi connectivity index (χ4n) is 0.832. The van der Waals surface area contributed by atoms with Crippen molar-refractivity contribution < 1.29 is 19.1 Å². The number of hydrogen-bond acceptors (Lipinski definition) is 4. The molecule has 68 valence electrons. The molecule has 0 aliphatic rings. The third-order valence-corrected chi connectivity index (χ3v) is 1.48. The number of ether oxygens (including phenoxy) is 1. The van der Waals surface area contributed by atoms with Crippen LogP contribution in [0, 0.1) is 0 Å². The maximum atomic E-state index is 10.9. The summed E-state index contributed by atoms with van der Waals surface area (Å²) >= 11 is 0. The maximum Gasteiger partial charge on any atom is 0.354 e. The SMILES string of the molecule is COC(=O)c1cc(C(=O)C=O)c[nH]1. The minimum atomic E-state index is -0.675. The van der Waals surface area contributed by atoms with Crippen LogP contribution in [0.15, 0.2) is 12.3 Å². The number of aromatic amines is 1. The van der Waals surface area contributed by atoms with Gasteiger partial charge in [-0.05, 0) is 6.07 Å². The van der Waals surface area contributed by atoms with Crippen LogP contribution in [0.1, 0.15) is 20.8 Å². The summed E-state index contributed by atoms with van der Waals surface area (Å²) in [5.41, 5.74) is 0.295. The van der Waals surface area contributed by atoms with Gasteiger partial charge in [0.05, 0.1) is 7.11 Å². The highest BCUT2D eigenvalue weighted by atomic mass is 16.5. The molecule has 1 aromatic rings.